The molecule has 1 aromatic heterocycles. The third-order valence-electron chi connectivity index (χ3n) is 2.95. The lowest BCUT2D eigenvalue weighted by atomic mass is 10.4. The van der Waals surface area contributed by atoms with Gasteiger partial charge in [0.2, 0.25) is 10.0 Å². The highest BCUT2D eigenvalue weighted by atomic mass is 79.9. The zero-order chi connectivity index (χ0) is 14.0. The number of nitrogens with zero attached hydrogens (tertiary/aromatic N) is 1. The van der Waals surface area contributed by atoms with Crippen LogP contribution in [0.5, 0.6) is 0 Å². The number of thioether (sulfide) groups is 1. The fourth-order valence-corrected chi connectivity index (χ4v) is 7.53. The Morgan fingerprint density at radius 1 is 1.58 bits per heavy atom. The van der Waals surface area contributed by atoms with E-state index in [1.54, 1.807) is 10.4 Å². The number of thiophene rings is 1. The van der Waals surface area contributed by atoms with Crippen molar-refractivity contribution in [3.05, 3.63) is 14.7 Å². The van der Waals surface area contributed by atoms with Gasteiger partial charge in [-0.3, -0.25) is 0 Å². The molecule has 1 unspecified atom stereocenters. The van der Waals surface area contributed by atoms with Crippen LogP contribution in [0.15, 0.2) is 14.7 Å². The lowest BCUT2D eigenvalue weighted by molar-refractivity contribution is 0.367. The standard InChI is InChI=1S/C11H17BrN2O2S3/c1-8-7-17-4-3-14(8)19(15,16)10-5-9(6-13-2)18-11(10)12/h5,8,13H,3-4,6-7H2,1-2H3. The summed E-state index contributed by atoms with van der Waals surface area (Å²) in [6, 6.07) is 1.83. The maximum absolute atomic E-state index is 12.7. The maximum Gasteiger partial charge on any atom is 0.245 e. The molecule has 108 valence electrons. The first-order chi connectivity index (χ1) is 8.96. The normalized spacial score (nSPS) is 21.7. The van der Waals surface area contributed by atoms with Gasteiger partial charge in [-0.15, -0.1) is 11.3 Å². The van der Waals surface area contributed by atoms with E-state index in [0.717, 1.165) is 16.4 Å². The molecule has 1 atom stereocenters. The van der Waals surface area contributed by atoms with Gasteiger partial charge < -0.3 is 5.32 Å². The van der Waals surface area contributed by atoms with E-state index in [0.29, 0.717) is 21.8 Å². The van der Waals surface area contributed by atoms with Crippen molar-refractivity contribution in [3.63, 3.8) is 0 Å². The Kier molecular flexibility index (Phi) is 5.35. The molecule has 2 rings (SSSR count). The second-order valence-electron chi connectivity index (χ2n) is 4.42. The largest absolute Gasteiger partial charge is 0.315 e. The third-order valence-corrected chi connectivity index (χ3v) is 8.41. The predicted octanol–water partition coefficient (Wildman–Crippen LogP) is 2.36. The Labute approximate surface area is 131 Å². The second kappa shape index (κ2) is 6.44. The monoisotopic (exact) mass is 384 g/mol. The highest BCUT2D eigenvalue weighted by Gasteiger charge is 2.33. The first-order valence-electron chi connectivity index (χ1n) is 5.99. The van der Waals surface area contributed by atoms with E-state index in [1.807, 2.05) is 25.7 Å². The van der Waals surface area contributed by atoms with E-state index < -0.39 is 10.0 Å². The van der Waals surface area contributed by atoms with Crippen LogP contribution in [0, 0.1) is 0 Å². The van der Waals surface area contributed by atoms with Crippen molar-refractivity contribution in [1.82, 2.24) is 9.62 Å². The molecule has 1 fully saturated rings. The predicted molar refractivity (Wildman–Crippen MR) is 85.5 cm³/mol. The van der Waals surface area contributed by atoms with Crippen molar-refractivity contribution in [2.24, 2.45) is 0 Å². The molecule has 0 amide bonds. The van der Waals surface area contributed by atoms with Crippen LogP contribution >= 0.6 is 39.0 Å². The fourth-order valence-electron chi connectivity index (χ4n) is 2.03. The van der Waals surface area contributed by atoms with E-state index in [2.05, 4.69) is 21.2 Å². The quantitative estimate of drug-likeness (QED) is 0.865. The minimum atomic E-state index is -3.38. The van der Waals surface area contributed by atoms with Gasteiger partial charge in [0.15, 0.2) is 0 Å². The number of nitrogens with one attached hydrogen (secondary N) is 1. The topological polar surface area (TPSA) is 49.4 Å². The van der Waals surface area contributed by atoms with Crippen molar-refractivity contribution in [1.29, 1.82) is 0 Å². The van der Waals surface area contributed by atoms with Crippen LogP contribution in [-0.2, 0) is 16.6 Å². The third kappa shape index (κ3) is 3.36. The SMILES string of the molecule is CNCc1cc(S(=O)(=O)N2CCSCC2C)c(Br)s1. The summed E-state index contributed by atoms with van der Waals surface area (Å²) in [5.41, 5.74) is 0. The molecule has 1 aromatic rings. The molecular weight excluding hydrogens is 368 g/mol. The van der Waals surface area contributed by atoms with E-state index in [-0.39, 0.29) is 6.04 Å². The second-order valence-corrected chi connectivity index (χ2v) is 9.88. The first kappa shape index (κ1) is 15.8. The molecule has 4 nitrogen and oxygen atoms in total. The number of hydrogen-bond acceptors (Lipinski definition) is 5. The Bertz CT molecular complexity index is 544. The summed E-state index contributed by atoms with van der Waals surface area (Å²) >= 11 is 6.67. The van der Waals surface area contributed by atoms with Crippen LogP contribution in [-0.4, -0.2) is 43.9 Å². The molecule has 0 aliphatic carbocycles. The van der Waals surface area contributed by atoms with Crippen molar-refractivity contribution >= 4 is 49.1 Å². The molecule has 8 heteroatoms. The fraction of sp³-hybridized carbons (Fsp3) is 0.636. The van der Waals surface area contributed by atoms with Crippen molar-refractivity contribution in [2.75, 3.05) is 25.1 Å². The van der Waals surface area contributed by atoms with Gasteiger partial charge in [0.1, 0.15) is 4.90 Å². The molecule has 0 radical (unpaired) electrons. The van der Waals surface area contributed by atoms with Gasteiger partial charge >= 0.3 is 0 Å². The van der Waals surface area contributed by atoms with Crippen LogP contribution in [0.2, 0.25) is 0 Å². The van der Waals surface area contributed by atoms with Crippen molar-refractivity contribution in [2.45, 2.75) is 24.4 Å². The molecule has 19 heavy (non-hydrogen) atoms. The zero-order valence-electron chi connectivity index (χ0n) is 10.8. The summed E-state index contributed by atoms with van der Waals surface area (Å²) in [4.78, 5) is 1.42. The molecule has 0 aromatic carbocycles. The molecule has 0 saturated carbocycles. The Morgan fingerprint density at radius 3 is 2.95 bits per heavy atom. The highest BCUT2D eigenvalue weighted by molar-refractivity contribution is 9.11. The summed E-state index contributed by atoms with van der Waals surface area (Å²) in [5.74, 6) is 1.74. The van der Waals surface area contributed by atoms with Gasteiger partial charge in [-0.1, -0.05) is 0 Å². The number of hydrogen-bond donors (Lipinski definition) is 1. The smallest absolute Gasteiger partial charge is 0.245 e. The molecule has 1 saturated heterocycles. The lowest BCUT2D eigenvalue weighted by Gasteiger charge is -2.31. The Balaban J connectivity index is 2.33. The zero-order valence-corrected chi connectivity index (χ0v) is 14.9. The van der Waals surface area contributed by atoms with Crippen LogP contribution in [0.1, 0.15) is 11.8 Å². The first-order valence-corrected chi connectivity index (χ1v) is 10.2. The molecule has 2 heterocycles. The van der Waals surface area contributed by atoms with Crippen LogP contribution in [0.3, 0.4) is 0 Å². The van der Waals surface area contributed by atoms with Crippen LogP contribution in [0.4, 0.5) is 0 Å². The van der Waals surface area contributed by atoms with E-state index in [9.17, 15) is 8.42 Å². The molecule has 1 aliphatic heterocycles. The average molecular weight is 385 g/mol. The summed E-state index contributed by atoms with van der Waals surface area (Å²) < 4.78 is 27.7. The Hall–Kier alpha value is 0.400. The molecular formula is C11H17BrN2O2S3. The maximum atomic E-state index is 12.7. The van der Waals surface area contributed by atoms with Gasteiger partial charge in [0.25, 0.3) is 0 Å². The molecule has 1 aliphatic rings. The van der Waals surface area contributed by atoms with Crippen molar-refractivity contribution < 1.29 is 8.42 Å². The van der Waals surface area contributed by atoms with E-state index >= 15 is 0 Å². The molecule has 0 bridgehead atoms. The Morgan fingerprint density at radius 2 is 2.32 bits per heavy atom. The summed E-state index contributed by atoms with van der Waals surface area (Å²) in [6.45, 7) is 3.25. The van der Waals surface area contributed by atoms with Gasteiger partial charge in [0.05, 0.1) is 3.79 Å². The summed E-state index contributed by atoms with van der Waals surface area (Å²) in [7, 11) is -1.53. The van der Waals surface area contributed by atoms with E-state index in [1.165, 1.54) is 11.3 Å². The van der Waals surface area contributed by atoms with Crippen LogP contribution < -0.4 is 5.32 Å². The summed E-state index contributed by atoms with van der Waals surface area (Å²) in [6.07, 6.45) is 0. The van der Waals surface area contributed by atoms with Gasteiger partial charge in [-0.25, -0.2) is 8.42 Å². The van der Waals surface area contributed by atoms with Crippen molar-refractivity contribution in [3.8, 4) is 0 Å². The van der Waals surface area contributed by atoms with Gasteiger partial charge in [-0.05, 0) is 36.0 Å². The minimum absolute atomic E-state index is 0.0586. The number of rotatable bonds is 4. The lowest BCUT2D eigenvalue weighted by Crippen LogP contribution is -2.44. The number of halogens is 1. The number of sulfonamides is 1. The highest BCUT2D eigenvalue weighted by Crippen LogP contribution is 2.35. The van der Waals surface area contributed by atoms with Gasteiger partial charge in [0, 0.05) is 35.5 Å². The van der Waals surface area contributed by atoms with Crippen LogP contribution in [0.25, 0.3) is 0 Å². The summed E-state index contributed by atoms with van der Waals surface area (Å²) in [5, 5.41) is 3.04. The van der Waals surface area contributed by atoms with Gasteiger partial charge in [-0.2, -0.15) is 16.1 Å². The molecule has 1 N–H and O–H groups in total. The van der Waals surface area contributed by atoms with E-state index in [4.69, 9.17) is 0 Å². The average Bonchev–Trinajstić information content (AvgIpc) is 2.72. The molecule has 0 spiro atoms. The minimum Gasteiger partial charge on any atom is -0.315 e.